The fourth-order valence-electron chi connectivity index (χ4n) is 3.36. The van der Waals surface area contributed by atoms with Crippen molar-refractivity contribution >= 4 is 21.7 Å². The summed E-state index contributed by atoms with van der Waals surface area (Å²) in [5.41, 5.74) is 0.618. The largest absolute Gasteiger partial charge is 0.478 e. The van der Waals surface area contributed by atoms with E-state index in [4.69, 9.17) is 4.74 Å². The van der Waals surface area contributed by atoms with Crippen molar-refractivity contribution in [1.29, 1.82) is 0 Å². The van der Waals surface area contributed by atoms with Gasteiger partial charge >= 0.3 is 5.97 Å². The monoisotopic (exact) mass is 368 g/mol. The van der Waals surface area contributed by atoms with Crippen LogP contribution in [0.2, 0.25) is 0 Å². The number of carboxylic acids is 1. The van der Waals surface area contributed by atoms with Crippen LogP contribution in [0.4, 0.5) is 5.69 Å². The third kappa shape index (κ3) is 4.31. The van der Waals surface area contributed by atoms with E-state index in [1.807, 2.05) is 4.90 Å². The van der Waals surface area contributed by atoms with Crippen LogP contribution < -0.4 is 9.62 Å². The Kier molecular flexibility index (Phi) is 5.61. The summed E-state index contributed by atoms with van der Waals surface area (Å²) in [4.78, 5) is 13.6. The molecular formula is C17H24N2O5S. The summed E-state index contributed by atoms with van der Waals surface area (Å²) >= 11 is 0. The van der Waals surface area contributed by atoms with Crippen LogP contribution in [0.15, 0.2) is 23.1 Å². The zero-order valence-corrected chi connectivity index (χ0v) is 14.9. The molecule has 138 valence electrons. The Morgan fingerprint density at radius 1 is 1.24 bits per heavy atom. The van der Waals surface area contributed by atoms with Gasteiger partial charge in [0.1, 0.15) is 0 Å². The highest BCUT2D eigenvalue weighted by Crippen LogP contribution is 2.27. The van der Waals surface area contributed by atoms with Gasteiger partial charge in [-0.15, -0.1) is 0 Å². The topological polar surface area (TPSA) is 95.9 Å². The van der Waals surface area contributed by atoms with Crippen LogP contribution in [0.5, 0.6) is 0 Å². The number of hydrogen-bond acceptors (Lipinski definition) is 5. The maximum absolute atomic E-state index is 12.5. The standard InChI is InChI=1S/C17H24N2O5S/c20-17(21)15-11-14(6-7-16(15)19-8-2-1-3-9-19)25(22,23)18-12-13-5-4-10-24-13/h6-7,11,13,18H,1-5,8-10,12H2,(H,20,21)/t13-/m1/s1. The van der Waals surface area contributed by atoms with Gasteiger partial charge in [-0.05, 0) is 50.3 Å². The molecule has 0 saturated carbocycles. The van der Waals surface area contributed by atoms with Gasteiger partial charge in [0.05, 0.1) is 22.3 Å². The van der Waals surface area contributed by atoms with Gasteiger partial charge in [0.25, 0.3) is 0 Å². The van der Waals surface area contributed by atoms with E-state index in [-0.39, 0.29) is 23.1 Å². The first-order valence-corrected chi connectivity index (χ1v) is 10.2. The molecule has 1 aromatic rings. The molecule has 2 N–H and O–H groups in total. The molecule has 0 spiro atoms. The van der Waals surface area contributed by atoms with E-state index in [1.54, 1.807) is 6.07 Å². The second-order valence-corrected chi connectivity index (χ2v) is 8.29. The number of piperidine rings is 1. The number of hydrogen-bond donors (Lipinski definition) is 2. The number of carboxylic acid groups (broad SMARTS) is 1. The summed E-state index contributed by atoms with van der Waals surface area (Å²) in [6.45, 7) is 2.45. The molecule has 0 radical (unpaired) electrons. The summed E-state index contributed by atoms with van der Waals surface area (Å²) in [5.74, 6) is -1.11. The van der Waals surface area contributed by atoms with Crippen molar-refractivity contribution < 1.29 is 23.1 Å². The van der Waals surface area contributed by atoms with Crippen LogP contribution in [0, 0.1) is 0 Å². The molecule has 7 nitrogen and oxygen atoms in total. The molecule has 0 unspecified atom stereocenters. The lowest BCUT2D eigenvalue weighted by atomic mass is 10.1. The number of nitrogens with one attached hydrogen (secondary N) is 1. The summed E-state index contributed by atoms with van der Waals surface area (Å²) in [5, 5.41) is 9.53. The Bertz CT molecular complexity index is 723. The number of aromatic carboxylic acids is 1. The molecule has 2 aliphatic heterocycles. The van der Waals surface area contributed by atoms with Crippen molar-refractivity contribution in [3.8, 4) is 0 Å². The average molecular weight is 368 g/mol. The lowest BCUT2D eigenvalue weighted by Gasteiger charge is -2.30. The van der Waals surface area contributed by atoms with Gasteiger partial charge in [-0.2, -0.15) is 0 Å². The molecular weight excluding hydrogens is 344 g/mol. The molecule has 2 fully saturated rings. The molecule has 3 rings (SSSR count). The minimum Gasteiger partial charge on any atom is -0.478 e. The minimum absolute atomic E-state index is 0.0244. The van der Waals surface area contributed by atoms with Crippen LogP contribution >= 0.6 is 0 Å². The molecule has 0 aliphatic carbocycles. The molecule has 1 aromatic carbocycles. The van der Waals surface area contributed by atoms with Crippen molar-refractivity contribution in [2.45, 2.75) is 43.1 Å². The van der Waals surface area contributed by atoms with Gasteiger partial charge in [-0.25, -0.2) is 17.9 Å². The molecule has 1 atom stereocenters. The maximum atomic E-state index is 12.5. The smallest absolute Gasteiger partial charge is 0.337 e. The fraction of sp³-hybridized carbons (Fsp3) is 0.588. The number of rotatable bonds is 6. The SMILES string of the molecule is O=C(O)c1cc(S(=O)(=O)NC[C@H]2CCCO2)ccc1N1CCCCC1. The van der Waals surface area contributed by atoms with Crippen molar-refractivity contribution in [1.82, 2.24) is 4.72 Å². The van der Waals surface area contributed by atoms with E-state index in [0.717, 1.165) is 45.2 Å². The van der Waals surface area contributed by atoms with E-state index < -0.39 is 16.0 Å². The lowest BCUT2D eigenvalue weighted by Crippen LogP contribution is -2.33. The van der Waals surface area contributed by atoms with E-state index in [1.165, 1.54) is 12.1 Å². The van der Waals surface area contributed by atoms with Gasteiger partial charge < -0.3 is 14.7 Å². The summed E-state index contributed by atoms with van der Waals surface area (Å²) < 4.78 is 32.9. The Balaban J connectivity index is 1.81. The highest BCUT2D eigenvalue weighted by molar-refractivity contribution is 7.89. The highest BCUT2D eigenvalue weighted by Gasteiger charge is 2.24. The number of sulfonamides is 1. The lowest BCUT2D eigenvalue weighted by molar-refractivity contribution is 0.0697. The quantitative estimate of drug-likeness (QED) is 0.795. The zero-order chi connectivity index (χ0) is 17.9. The van der Waals surface area contributed by atoms with E-state index in [9.17, 15) is 18.3 Å². The summed E-state index contributed by atoms with van der Waals surface area (Å²) in [6, 6.07) is 4.34. The predicted molar refractivity (Wildman–Crippen MR) is 93.6 cm³/mol. The van der Waals surface area contributed by atoms with E-state index >= 15 is 0 Å². The molecule has 2 aliphatic rings. The Morgan fingerprint density at radius 3 is 2.64 bits per heavy atom. The van der Waals surface area contributed by atoms with Crippen molar-refractivity contribution in [2.24, 2.45) is 0 Å². The number of anilines is 1. The normalized spacial score (nSPS) is 21.4. The van der Waals surface area contributed by atoms with E-state index in [2.05, 4.69) is 4.72 Å². The third-order valence-electron chi connectivity index (χ3n) is 4.73. The molecule has 0 bridgehead atoms. The van der Waals surface area contributed by atoms with E-state index in [0.29, 0.717) is 12.3 Å². The van der Waals surface area contributed by atoms with Crippen LogP contribution in [-0.2, 0) is 14.8 Å². The number of nitrogens with zero attached hydrogens (tertiary/aromatic N) is 1. The average Bonchev–Trinajstić information content (AvgIpc) is 3.14. The van der Waals surface area contributed by atoms with Crippen molar-refractivity contribution in [3.63, 3.8) is 0 Å². The van der Waals surface area contributed by atoms with Gasteiger partial charge in [-0.1, -0.05) is 0 Å². The Hall–Kier alpha value is -1.64. The maximum Gasteiger partial charge on any atom is 0.337 e. The van der Waals surface area contributed by atoms with Gasteiger partial charge in [-0.3, -0.25) is 0 Å². The summed E-state index contributed by atoms with van der Waals surface area (Å²) in [6.07, 6.45) is 4.82. The third-order valence-corrected chi connectivity index (χ3v) is 6.15. The fourth-order valence-corrected chi connectivity index (χ4v) is 4.45. The van der Waals surface area contributed by atoms with Crippen LogP contribution in [0.3, 0.4) is 0 Å². The number of carbonyl (C=O) groups is 1. The molecule has 25 heavy (non-hydrogen) atoms. The zero-order valence-electron chi connectivity index (χ0n) is 14.1. The summed E-state index contributed by atoms with van der Waals surface area (Å²) in [7, 11) is -3.76. The van der Waals surface area contributed by atoms with Gasteiger partial charge in [0, 0.05) is 26.2 Å². The Morgan fingerprint density at radius 2 is 2.00 bits per heavy atom. The molecule has 0 amide bonds. The first-order chi connectivity index (χ1) is 12.0. The second kappa shape index (κ2) is 7.72. The highest BCUT2D eigenvalue weighted by atomic mass is 32.2. The van der Waals surface area contributed by atoms with Gasteiger partial charge in [0.15, 0.2) is 0 Å². The number of ether oxygens (including phenoxy) is 1. The molecule has 0 aromatic heterocycles. The van der Waals surface area contributed by atoms with Crippen molar-refractivity contribution in [3.05, 3.63) is 23.8 Å². The van der Waals surface area contributed by atoms with Crippen molar-refractivity contribution in [2.75, 3.05) is 31.1 Å². The Labute approximate surface area is 148 Å². The minimum atomic E-state index is -3.76. The van der Waals surface area contributed by atoms with Crippen LogP contribution in [-0.4, -0.2) is 51.8 Å². The number of benzene rings is 1. The van der Waals surface area contributed by atoms with Crippen LogP contribution in [0.25, 0.3) is 0 Å². The molecule has 8 heteroatoms. The van der Waals surface area contributed by atoms with Crippen LogP contribution in [0.1, 0.15) is 42.5 Å². The predicted octanol–water partition coefficient (Wildman–Crippen LogP) is 1.83. The first-order valence-electron chi connectivity index (χ1n) is 8.71. The van der Waals surface area contributed by atoms with Gasteiger partial charge in [0.2, 0.25) is 10.0 Å². The molecule has 2 heterocycles. The second-order valence-electron chi connectivity index (χ2n) is 6.52. The molecule has 2 saturated heterocycles. The first kappa shape index (κ1) is 18.2.